The Morgan fingerprint density at radius 1 is 1.26 bits per heavy atom. The van der Waals surface area contributed by atoms with Gasteiger partial charge in [0.1, 0.15) is 23.2 Å². The normalized spacial score (nSPS) is 20.1. The summed E-state index contributed by atoms with van der Waals surface area (Å²) >= 11 is 12.3. The first kappa shape index (κ1) is 19.5. The largest absolute Gasteiger partial charge is 0.457 e. The van der Waals surface area contributed by atoms with Crippen molar-refractivity contribution in [1.82, 2.24) is 5.32 Å². The lowest BCUT2D eigenvalue weighted by Crippen LogP contribution is -2.41. The Hall–Kier alpha value is -2.22. The second kappa shape index (κ2) is 8.65. The fourth-order valence-corrected chi connectivity index (χ4v) is 3.73. The minimum Gasteiger partial charge on any atom is -0.457 e. The van der Waals surface area contributed by atoms with Gasteiger partial charge < -0.3 is 9.73 Å². The van der Waals surface area contributed by atoms with Crippen molar-refractivity contribution in [3.63, 3.8) is 0 Å². The summed E-state index contributed by atoms with van der Waals surface area (Å²) in [6.45, 7) is 2.13. The summed E-state index contributed by atoms with van der Waals surface area (Å²) in [5, 5.41) is 13.2. The summed E-state index contributed by atoms with van der Waals surface area (Å²) in [5.41, 5.74) is 0.675. The zero-order chi connectivity index (χ0) is 19.4. The molecule has 0 radical (unpaired) electrons. The molecule has 4 nitrogen and oxygen atoms in total. The number of nitriles is 1. The first-order valence-corrected chi connectivity index (χ1v) is 9.72. The molecule has 1 aliphatic carbocycles. The predicted molar refractivity (Wildman–Crippen MR) is 107 cm³/mol. The topological polar surface area (TPSA) is 66.0 Å². The number of carbonyl (C=O) groups excluding carboxylic acids is 1. The van der Waals surface area contributed by atoms with E-state index in [2.05, 4.69) is 12.2 Å². The summed E-state index contributed by atoms with van der Waals surface area (Å²) in [6.07, 6.45) is 5.78. The third-order valence-corrected chi connectivity index (χ3v) is 5.74. The number of furan rings is 1. The molecule has 1 amide bonds. The van der Waals surface area contributed by atoms with E-state index < -0.39 is 0 Å². The van der Waals surface area contributed by atoms with Gasteiger partial charge in [0.2, 0.25) is 0 Å². The molecule has 0 aliphatic heterocycles. The summed E-state index contributed by atoms with van der Waals surface area (Å²) in [6, 6.07) is 10.8. The fraction of sp³-hybridized carbons (Fsp3) is 0.333. The summed E-state index contributed by atoms with van der Waals surface area (Å²) < 4.78 is 5.75. The third-order valence-electron chi connectivity index (χ3n) is 4.92. The van der Waals surface area contributed by atoms with E-state index in [1.165, 1.54) is 12.5 Å². The highest BCUT2D eigenvalue weighted by Gasteiger charge is 2.24. The first-order valence-electron chi connectivity index (χ1n) is 8.96. The van der Waals surface area contributed by atoms with Crippen molar-refractivity contribution in [2.24, 2.45) is 5.92 Å². The lowest BCUT2D eigenvalue weighted by molar-refractivity contribution is -0.118. The van der Waals surface area contributed by atoms with Crippen LogP contribution in [-0.2, 0) is 4.79 Å². The van der Waals surface area contributed by atoms with Gasteiger partial charge in [-0.1, -0.05) is 49.0 Å². The van der Waals surface area contributed by atoms with Gasteiger partial charge in [0, 0.05) is 17.7 Å². The van der Waals surface area contributed by atoms with Crippen LogP contribution in [-0.4, -0.2) is 11.9 Å². The highest BCUT2D eigenvalue weighted by atomic mass is 35.5. The molecule has 0 bridgehead atoms. The molecule has 0 saturated heterocycles. The van der Waals surface area contributed by atoms with Crippen LogP contribution in [0.5, 0.6) is 0 Å². The second-order valence-electron chi connectivity index (χ2n) is 6.81. The number of nitrogens with zero attached hydrogens (tertiary/aromatic N) is 1. The van der Waals surface area contributed by atoms with Gasteiger partial charge in [0.05, 0.1) is 10.0 Å². The number of nitrogens with one attached hydrogen (secondary N) is 1. The molecule has 1 heterocycles. The van der Waals surface area contributed by atoms with Crippen LogP contribution in [0.1, 0.15) is 38.4 Å². The van der Waals surface area contributed by atoms with E-state index in [-0.39, 0.29) is 17.5 Å². The molecule has 0 spiro atoms. The minimum absolute atomic E-state index is 0.0193. The van der Waals surface area contributed by atoms with Gasteiger partial charge in [0.25, 0.3) is 5.91 Å². The van der Waals surface area contributed by atoms with Crippen LogP contribution in [0.25, 0.3) is 17.4 Å². The number of rotatable bonds is 4. The Morgan fingerprint density at radius 3 is 2.78 bits per heavy atom. The van der Waals surface area contributed by atoms with Crippen LogP contribution < -0.4 is 5.32 Å². The number of benzene rings is 1. The summed E-state index contributed by atoms with van der Waals surface area (Å²) in [4.78, 5) is 12.5. The molecule has 1 saturated carbocycles. The number of hydrogen-bond donors (Lipinski definition) is 1. The molecule has 2 aromatic rings. The number of carbonyl (C=O) groups is 1. The molecule has 3 rings (SSSR count). The maximum atomic E-state index is 12.5. The Bertz CT molecular complexity index is 911. The number of amides is 1. The molecule has 1 aromatic heterocycles. The highest BCUT2D eigenvalue weighted by molar-refractivity contribution is 6.43. The van der Waals surface area contributed by atoms with E-state index in [1.54, 1.807) is 30.3 Å². The van der Waals surface area contributed by atoms with Crippen LogP contribution in [0.4, 0.5) is 0 Å². The molecule has 2 atom stereocenters. The van der Waals surface area contributed by atoms with Crippen LogP contribution in [0.15, 0.2) is 40.3 Å². The first-order chi connectivity index (χ1) is 13.0. The van der Waals surface area contributed by atoms with Crippen molar-refractivity contribution in [2.45, 2.75) is 38.6 Å². The van der Waals surface area contributed by atoms with Gasteiger partial charge in [-0.3, -0.25) is 4.79 Å². The lowest BCUT2D eigenvalue weighted by Gasteiger charge is -2.29. The molecule has 1 N–H and O–H groups in total. The Balaban J connectivity index is 1.78. The van der Waals surface area contributed by atoms with Crippen molar-refractivity contribution in [3.8, 4) is 17.4 Å². The molecule has 1 aromatic carbocycles. The molecule has 6 heteroatoms. The van der Waals surface area contributed by atoms with Crippen molar-refractivity contribution >= 4 is 35.2 Å². The van der Waals surface area contributed by atoms with Crippen LogP contribution in [0, 0.1) is 17.2 Å². The Labute approximate surface area is 168 Å². The number of halogens is 2. The van der Waals surface area contributed by atoms with Crippen molar-refractivity contribution in [3.05, 3.63) is 51.7 Å². The van der Waals surface area contributed by atoms with Crippen LogP contribution >= 0.6 is 23.2 Å². The van der Waals surface area contributed by atoms with E-state index in [0.29, 0.717) is 33.0 Å². The molecule has 1 aliphatic rings. The quantitative estimate of drug-likeness (QED) is 0.514. The van der Waals surface area contributed by atoms with Crippen molar-refractivity contribution < 1.29 is 9.21 Å². The molecule has 1 fully saturated rings. The maximum absolute atomic E-state index is 12.5. The average molecular weight is 403 g/mol. The summed E-state index contributed by atoms with van der Waals surface area (Å²) in [5.74, 6) is 0.981. The van der Waals surface area contributed by atoms with Gasteiger partial charge in [-0.05, 0) is 43.0 Å². The van der Waals surface area contributed by atoms with Crippen LogP contribution in [0.3, 0.4) is 0 Å². The fourth-order valence-electron chi connectivity index (χ4n) is 3.34. The molecular weight excluding hydrogens is 383 g/mol. The van der Waals surface area contributed by atoms with Crippen LogP contribution in [0.2, 0.25) is 10.0 Å². The zero-order valence-electron chi connectivity index (χ0n) is 15.0. The third kappa shape index (κ3) is 4.55. The van der Waals surface area contributed by atoms with Gasteiger partial charge in [-0.2, -0.15) is 5.26 Å². The average Bonchev–Trinajstić information content (AvgIpc) is 3.12. The van der Waals surface area contributed by atoms with E-state index in [4.69, 9.17) is 27.6 Å². The summed E-state index contributed by atoms with van der Waals surface area (Å²) in [7, 11) is 0. The predicted octanol–water partition coefficient (Wildman–Crippen LogP) is 5.86. The second-order valence-corrected chi connectivity index (χ2v) is 7.60. The molecule has 140 valence electrons. The molecule has 0 unspecified atom stereocenters. The Morgan fingerprint density at radius 2 is 2.04 bits per heavy atom. The van der Waals surface area contributed by atoms with Gasteiger partial charge in [-0.25, -0.2) is 0 Å². The SMILES string of the molecule is C[C@H]1CCCC[C@H]1NC(=O)/C(C#N)=C/c1ccc(-c2cccc(Cl)c2Cl)o1. The number of hydrogen-bond acceptors (Lipinski definition) is 3. The Kier molecular flexibility index (Phi) is 6.26. The van der Waals surface area contributed by atoms with Crippen molar-refractivity contribution in [2.75, 3.05) is 0 Å². The standard InChI is InChI=1S/C21H20Cl2N2O2/c1-13-5-2-3-8-18(13)25-21(26)14(12-24)11-15-9-10-19(27-15)16-6-4-7-17(22)20(16)23/h4,6-7,9-11,13,18H,2-3,5,8H2,1H3,(H,25,26)/b14-11+/t13-,18+/m0/s1. The highest BCUT2D eigenvalue weighted by Crippen LogP contribution is 2.34. The monoisotopic (exact) mass is 402 g/mol. The van der Waals surface area contributed by atoms with Gasteiger partial charge in [-0.15, -0.1) is 0 Å². The molecular formula is C21H20Cl2N2O2. The zero-order valence-corrected chi connectivity index (χ0v) is 16.5. The van der Waals surface area contributed by atoms with Gasteiger partial charge >= 0.3 is 0 Å². The minimum atomic E-state index is -0.366. The van der Waals surface area contributed by atoms with Gasteiger partial charge in [0.15, 0.2) is 0 Å². The van der Waals surface area contributed by atoms with Crippen molar-refractivity contribution in [1.29, 1.82) is 5.26 Å². The van der Waals surface area contributed by atoms with E-state index in [1.807, 2.05) is 6.07 Å². The maximum Gasteiger partial charge on any atom is 0.262 e. The lowest BCUT2D eigenvalue weighted by atomic mass is 9.86. The van der Waals surface area contributed by atoms with E-state index in [0.717, 1.165) is 19.3 Å². The van der Waals surface area contributed by atoms with E-state index >= 15 is 0 Å². The smallest absolute Gasteiger partial charge is 0.262 e. The molecule has 27 heavy (non-hydrogen) atoms. The van der Waals surface area contributed by atoms with E-state index in [9.17, 15) is 10.1 Å².